The van der Waals surface area contributed by atoms with Gasteiger partial charge >= 0.3 is 0 Å². The van der Waals surface area contributed by atoms with Crippen molar-refractivity contribution in [3.8, 4) is 0 Å². The molecule has 1 aromatic carbocycles. The molecule has 29 heavy (non-hydrogen) atoms. The number of hydrogen-bond donors (Lipinski definition) is 0. The van der Waals surface area contributed by atoms with Gasteiger partial charge < -0.3 is 19.0 Å². The van der Waals surface area contributed by atoms with Gasteiger partial charge in [-0.05, 0) is 49.2 Å². The van der Waals surface area contributed by atoms with Crippen LogP contribution in [0.4, 0.5) is 4.39 Å². The van der Waals surface area contributed by atoms with E-state index in [1.165, 1.54) is 30.5 Å². The largest absolute Gasteiger partial charge is 0.459 e. The third-order valence-corrected chi connectivity index (χ3v) is 5.68. The molecule has 2 fully saturated rings. The van der Waals surface area contributed by atoms with Gasteiger partial charge in [0.15, 0.2) is 5.76 Å². The normalized spacial score (nSPS) is 20.0. The Labute approximate surface area is 169 Å². The third-order valence-electron chi connectivity index (χ3n) is 5.68. The van der Waals surface area contributed by atoms with Crippen LogP contribution in [0, 0.1) is 5.82 Å². The molecule has 2 aromatic rings. The van der Waals surface area contributed by atoms with Crippen LogP contribution in [0.5, 0.6) is 0 Å². The Kier molecular flexibility index (Phi) is 5.94. The highest BCUT2D eigenvalue weighted by molar-refractivity contribution is 5.94. The molecule has 1 atom stereocenters. The van der Waals surface area contributed by atoms with E-state index in [1.54, 1.807) is 17.0 Å². The molecule has 2 amide bonds. The third kappa shape index (κ3) is 4.50. The van der Waals surface area contributed by atoms with Gasteiger partial charge in [-0.15, -0.1) is 0 Å². The molecule has 154 valence electrons. The summed E-state index contributed by atoms with van der Waals surface area (Å²) in [6.45, 7) is 1.72. The molecule has 0 bridgehead atoms. The van der Waals surface area contributed by atoms with E-state index in [0.29, 0.717) is 37.6 Å². The highest BCUT2D eigenvalue weighted by atomic mass is 19.1. The number of benzene rings is 1. The van der Waals surface area contributed by atoms with Crippen LogP contribution in [0.3, 0.4) is 0 Å². The Morgan fingerprint density at radius 1 is 1.14 bits per heavy atom. The predicted molar refractivity (Wildman–Crippen MR) is 104 cm³/mol. The minimum atomic E-state index is -0.364. The lowest BCUT2D eigenvalue weighted by molar-refractivity contribution is -0.0377. The second kappa shape index (κ2) is 8.78. The van der Waals surface area contributed by atoms with Gasteiger partial charge in [0, 0.05) is 31.2 Å². The number of carbonyl (C=O) groups excluding carboxylic acids is 2. The number of nitrogens with zero attached hydrogens (tertiary/aromatic N) is 2. The van der Waals surface area contributed by atoms with Crippen LogP contribution in [0.15, 0.2) is 47.1 Å². The molecule has 1 aromatic heterocycles. The first kappa shape index (κ1) is 19.6. The number of ether oxygens (including phenoxy) is 1. The van der Waals surface area contributed by atoms with Crippen molar-refractivity contribution in [3.05, 3.63) is 59.8 Å². The summed E-state index contributed by atoms with van der Waals surface area (Å²) < 4.78 is 24.4. The van der Waals surface area contributed by atoms with E-state index >= 15 is 0 Å². The maximum atomic E-state index is 13.3. The standard InChI is InChI=1S/C22H25FN2O4/c23-17-9-7-16(8-10-17)21(26)25(18-4-1-2-5-18)15-19-14-24(11-13-28-19)22(27)20-6-3-12-29-20/h3,6-10,12,18-19H,1-2,4-5,11,13-15H2. The van der Waals surface area contributed by atoms with E-state index in [1.807, 2.05) is 4.90 Å². The fourth-order valence-corrected chi connectivity index (χ4v) is 4.16. The summed E-state index contributed by atoms with van der Waals surface area (Å²) in [7, 11) is 0. The number of amides is 2. The summed E-state index contributed by atoms with van der Waals surface area (Å²) in [5.74, 6) is -0.340. The van der Waals surface area contributed by atoms with Gasteiger partial charge in [-0.2, -0.15) is 0 Å². The average Bonchev–Trinajstić information content (AvgIpc) is 3.46. The van der Waals surface area contributed by atoms with Gasteiger partial charge in [0.05, 0.1) is 19.0 Å². The Morgan fingerprint density at radius 3 is 2.59 bits per heavy atom. The molecule has 0 radical (unpaired) electrons. The molecule has 7 heteroatoms. The zero-order valence-corrected chi connectivity index (χ0v) is 16.3. The van der Waals surface area contributed by atoms with Gasteiger partial charge in [-0.25, -0.2) is 4.39 Å². The molecule has 1 aliphatic carbocycles. The second-order valence-electron chi connectivity index (χ2n) is 7.62. The predicted octanol–water partition coefficient (Wildman–Crippen LogP) is 3.34. The highest BCUT2D eigenvalue weighted by Gasteiger charge is 2.33. The molecule has 2 aliphatic rings. The number of rotatable bonds is 5. The van der Waals surface area contributed by atoms with Gasteiger partial charge in [0.2, 0.25) is 0 Å². The van der Waals surface area contributed by atoms with E-state index in [0.717, 1.165) is 25.7 Å². The number of furan rings is 1. The Morgan fingerprint density at radius 2 is 1.90 bits per heavy atom. The van der Waals surface area contributed by atoms with Gasteiger partial charge in [-0.1, -0.05) is 12.8 Å². The number of hydrogen-bond acceptors (Lipinski definition) is 4. The lowest BCUT2D eigenvalue weighted by atomic mass is 10.1. The van der Waals surface area contributed by atoms with Gasteiger partial charge in [0.25, 0.3) is 11.8 Å². The topological polar surface area (TPSA) is 63.0 Å². The van der Waals surface area contributed by atoms with Crippen molar-refractivity contribution in [3.63, 3.8) is 0 Å². The zero-order valence-electron chi connectivity index (χ0n) is 16.3. The number of carbonyl (C=O) groups is 2. The van der Waals surface area contributed by atoms with Crippen molar-refractivity contribution in [2.75, 3.05) is 26.2 Å². The van der Waals surface area contributed by atoms with Crippen LogP contribution in [-0.4, -0.2) is 60.0 Å². The number of halogens is 1. The van der Waals surface area contributed by atoms with E-state index in [4.69, 9.17) is 9.15 Å². The summed E-state index contributed by atoms with van der Waals surface area (Å²) in [5, 5.41) is 0. The van der Waals surface area contributed by atoms with Crippen LogP contribution < -0.4 is 0 Å². The summed E-state index contributed by atoms with van der Waals surface area (Å²) in [5.41, 5.74) is 0.470. The van der Waals surface area contributed by atoms with Crippen LogP contribution in [-0.2, 0) is 4.74 Å². The molecular weight excluding hydrogens is 375 g/mol. The van der Waals surface area contributed by atoms with Crippen LogP contribution in [0.2, 0.25) is 0 Å². The van der Waals surface area contributed by atoms with Crippen molar-refractivity contribution >= 4 is 11.8 Å². The average molecular weight is 400 g/mol. The quantitative estimate of drug-likeness (QED) is 0.772. The molecule has 0 spiro atoms. The molecule has 6 nitrogen and oxygen atoms in total. The first-order chi connectivity index (χ1) is 14.1. The lowest BCUT2D eigenvalue weighted by Crippen LogP contribution is -2.52. The maximum absolute atomic E-state index is 13.3. The second-order valence-corrected chi connectivity index (χ2v) is 7.62. The molecule has 1 unspecified atom stereocenters. The van der Waals surface area contributed by atoms with Crippen LogP contribution >= 0.6 is 0 Å². The fraction of sp³-hybridized carbons (Fsp3) is 0.455. The first-order valence-electron chi connectivity index (χ1n) is 10.1. The lowest BCUT2D eigenvalue weighted by Gasteiger charge is -2.37. The minimum absolute atomic E-state index is 0.116. The zero-order chi connectivity index (χ0) is 20.2. The van der Waals surface area contributed by atoms with E-state index in [9.17, 15) is 14.0 Å². The van der Waals surface area contributed by atoms with Gasteiger partial charge in [0.1, 0.15) is 5.82 Å². The summed E-state index contributed by atoms with van der Waals surface area (Å²) >= 11 is 0. The Hall–Kier alpha value is -2.67. The molecule has 1 saturated carbocycles. The molecule has 0 N–H and O–H groups in total. The van der Waals surface area contributed by atoms with Crippen molar-refractivity contribution in [1.82, 2.24) is 9.80 Å². The fourth-order valence-electron chi connectivity index (χ4n) is 4.16. The summed E-state index contributed by atoms with van der Waals surface area (Å²) in [4.78, 5) is 29.3. The maximum Gasteiger partial charge on any atom is 0.289 e. The monoisotopic (exact) mass is 400 g/mol. The molecule has 2 heterocycles. The smallest absolute Gasteiger partial charge is 0.289 e. The first-order valence-corrected chi connectivity index (χ1v) is 10.1. The molecule has 4 rings (SSSR count). The van der Waals surface area contributed by atoms with E-state index in [-0.39, 0.29) is 29.8 Å². The molecule has 1 saturated heterocycles. The summed E-state index contributed by atoms with van der Waals surface area (Å²) in [6.07, 6.45) is 5.30. The van der Waals surface area contributed by atoms with Crippen molar-refractivity contribution < 1.29 is 23.1 Å². The SMILES string of the molecule is O=C(c1ccco1)N1CCOC(CN(C(=O)c2ccc(F)cc2)C2CCCC2)C1. The van der Waals surface area contributed by atoms with Gasteiger partial charge in [-0.3, -0.25) is 9.59 Å². The highest BCUT2D eigenvalue weighted by Crippen LogP contribution is 2.26. The van der Waals surface area contributed by atoms with Crippen LogP contribution in [0.1, 0.15) is 46.6 Å². The van der Waals surface area contributed by atoms with Crippen LogP contribution in [0.25, 0.3) is 0 Å². The van der Waals surface area contributed by atoms with Crippen molar-refractivity contribution in [2.24, 2.45) is 0 Å². The van der Waals surface area contributed by atoms with Crippen molar-refractivity contribution in [1.29, 1.82) is 0 Å². The number of morpholine rings is 1. The summed E-state index contributed by atoms with van der Waals surface area (Å²) in [6, 6.07) is 9.14. The molecular formula is C22H25FN2O4. The van der Waals surface area contributed by atoms with E-state index < -0.39 is 0 Å². The van der Waals surface area contributed by atoms with Crippen molar-refractivity contribution in [2.45, 2.75) is 37.8 Å². The Balaban J connectivity index is 1.47. The Bertz CT molecular complexity index is 831. The van der Waals surface area contributed by atoms with E-state index in [2.05, 4.69) is 0 Å². The minimum Gasteiger partial charge on any atom is -0.459 e. The molecule has 1 aliphatic heterocycles.